The van der Waals surface area contributed by atoms with Gasteiger partial charge in [-0.2, -0.15) is 4.98 Å². The number of carbonyl (C=O) groups excluding carboxylic acids is 1. The molecule has 4 aliphatic rings. The van der Waals surface area contributed by atoms with Gasteiger partial charge in [0.15, 0.2) is 5.82 Å². The summed E-state index contributed by atoms with van der Waals surface area (Å²) in [5.74, 6) is 3.08. The lowest BCUT2D eigenvalue weighted by Gasteiger charge is -2.56. The highest BCUT2D eigenvalue weighted by Gasteiger charge is 2.51. The van der Waals surface area contributed by atoms with E-state index in [9.17, 15) is 19.8 Å². The van der Waals surface area contributed by atoms with Crippen LogP contribution in [0.1, 0.15) is 78.5 Å². The molecule has 2 aromatic heterocycles. The number of phenolic OH excluding ortho intramolecular Hbond substituents is 1. The van der Waals surface area contributed by atoms with Crippen LogP contribution in [-0.4, -0.2) is 43.4 Å². The number of aryl methyl sites for hydroxylation is 2. The van der Waals surface area contributed by atoms with E-state index in [-0.39, 0.29) is 17.6 Å². The third kappa shape index (κ3) is 6.02. The van der Waals surface area contributed by atoms with E-state index in [1.54, 1.807) is 12.1 Å². The molecular weight excluding hydrogens is 570 g/mol. The minimum Gasteiger partial charge on any atom is -0.508 e. The molecule has 5 N–H and O–H groups in total. The molecule has 45 heavy (non-hydrogen) atoms. The number of amides is 2. The molecular formula is C35H41N5O5. The number of rotatable bonds is 10. The van der Waals surface area contributed by atoms with Crippen molar-refractivity contribution in [1.29, 1.82) is 0 Å². The highest BCUT2D eigenvalue weighted by Crippen LogP contribution is 2.60. The molecule has 2 heterocycles. The number of phenols is 1. The predicted octanol–water partition coefficient (Wildman–Crippen LogP) is 5.91. The first kappa shape index (κ1) is 29.4. The number of fused-ring (bicyclic) bond motifs is 1. The SMILES string of the molecule is Cc1cc(O)cc(C)c1CC(NC(=O)O)C(=O)N[C@@H](Cc1c[nH]c2ccccc12)c1nc(CC23CC4CC(CC(C4)C2)C3)no1. The zero-order valence-corrected chi connectivity index (χ0v) is 25.8. The molecule has 8 rings (SSSR count). The summed E-state index contributed by atoms with van der Waals surface area (Å²) in [5, 5.41) is 30.6. The average molecular weight is 612 g/mol. The maximum absolute atomic E-state index is 13.9. The number of carbonyl (C=O) groups is 2. The number of aromatic hydroxyl groups is 1. The van der Waals surface area contributed by atoms with Gasteiger partial charge in [0.25, 0.3) is 0 Å². The van der Waals surface area contributed by atoms with Gasteiger partial charge >= 0.3 is 6.09 Å². The molecule has 1 unspecified atom stereocenters. The fraction of sp³-hybridized carbons (Fsp3) is 0.486. The number of para-hydroxylation sites is 1. The average Bonchev–Trinajstić information content (AvgIpc) is 3.59. The Morgan fingerprint density at radius 3 is 2.36 bits per heavy atom. The molecule has 2 aromatic carbocycles. The summed E-state index contributed by atoms with van der Waals surface area (Å²) >= 11 is 0. The normalized spacial score (nSPS) is 24.9. The Kier molecular flexibility index (Phi) is 7.54. The van der Waals surface area contributed by atoms with E-state index in [1.807, 2.05) is 44.3 Å². The van der Waals surface area contributed by atoms with Crippen LogP contribution in [0.3, 0.4) is 0 Å². The predicted molar refractivity (Wildman–Crippen MR) is 168 cm³/mol. The van der Waals surface area contributed by atoms with E-state index in [0.717, 1.165) is 57.3 Å². The highest BCUT2D eigenvalue weighted by molar-refractivity contribution is 5.86. The Balaban J connectivity index is 1.16. The second-order valence-corrected chi connectivity index (χ2v) is 14.0. The molecule has 0 aliphatic heterocycles. The highest BCUT2D eigenvalue weighted by atomic mass is 16.5. The minimum absolute atomic E-state index is 0.122. The summed E-state index contributed by atoms with van der Waals surface area (Å²) in [5.41, 5.74) is 4.55. The minimum atomic E-state index is -1.30. The van der Waals surface area contributed by atoms with Gasteiger partial charge in [-0.25, -0.2) is 4.79 Å². The molecule has 10 nitrogen and oxygen atoms in total. The van der Waals surface area contributed by atoms with Gasteiger partial charge in [-0.05, 0) is 116 Å². The van der Waals surface area contributed by atoms with Crippen LogP contribution in [0.15, 0.2) is 47.1 Å². The number of hydrogen-bond donors (Lipinski definition) is 5. The van der Waals surface area contributed by atoms with Crippen molar-refractivity contribution in [2.24, 2.45) is 23.2 Å². The van der Waals surface area contributed by atoms with E-state index in [4.69, 9.17) is 9.51 Å². The van der Waals surface area contributed by atoms with Crippen LogP contribution in [0.5, 0.6) is 5.75 Å². The number of nitrogens with one attached hydrogen (secondary N) is 3. The van der Waals surface area contributed by atoms with E-state index in [2.05, 4.69) is 20.8 Å². The molecule has 0 saturated heterocycles. The van der Waals surface area contributed by atoms with Crippen LogP contribution >= 0.6 is 0 Å². The van der Waals surface area contributed by atoms with Gasteiger partial charge in [-0.15, -0.1) is 0 Å². The Labute approximate surface area is 262 Å². The first-order chi connectivity index (χ1) is 21.6. The standard InChI is InChI=1S/C35H41N5O5/c1-19-7-25(41)8-20(2)27(19)13-29(38-34(43)44)32(42)37-30(12-24-18-36-28-6-4-3-5-26(24)28)33-39-31(40-45-33)17-35-14-21-9-22(15-35)11-23(10-21)16-35/h3-8,18,21-23,29-30,36,38,41H,9-17H2,1-2H3,(H,37,42)(H,43,44)/t21?,22?,23?,29?,30-,35?/m0/s1. The van der Waals surface area contributed by atoms with Crippen molar-refractivity contribution < 1.29 is 24.3 Å². The molecule has 0 radical (unpaired) electrons. The molecule has 0 spiro atoms. The van der Waals surface area contributed by atoms with Crippen molar-refractivity contribution in [3.8, 4) is 5.75 Å². The molecule has 4 saturated carbocycles. The maximum Gasteiger partial charge on any atom is 0.405 e. The molecule has 4 bridgehead atoms. The molecule has 4 aromatic rings. The quantitative estimate of drug-likeness (QED) is 0.149. The van der Waals surface area contributed by atoms with Crippen molar-refractivity contribution in [3.63, 3.8) is 0 Å². The molecule has 10 heteroatoms. The van der Waals surface area contributed by atoms with Crippen LogP contribution < -0.4 is 10.6 Å². The van der Waals surface area contributed by atoms with Crippen molar-refractivity contribution in [1.82, 2.24) is 25.8 Å². The second-order valence-electron chi connectivity index (χ2n) is 14.0. The number of H-pyrrole nitrogens is 1. The number of benzene rings is 2. The van der Waals surface area contributed by atoms with E-state index < -0.39 is 24.1 Å². The van der Waals surface area contributed by atoms with Gasteiger partial charge in [-0.3, -0.25) is 4.79 Å². The molecule has 2 atom stereocenters. The van der Waals surface area contributed by atoms with Crippen LogP contribution in [0.2, 0.25) is 0 Å². The Bertz CT molecular complexity index is 1680. The van der Waals surface area contributed by atoms with Crippen molar-refractivity contribution in [3.05, 3.63) is 76.6 Å². The van der Waals surface area contributed by atoms with Crippen molar-refractivity contribution >= 4 is 22.9 Å². The van der Waals surface area contributed by atoms with Gasteiger partial charge in [0.05, 0.1) is 0 Å². The van der Waals surface area contributed by atoms with Crippen LogP contribution in [0, 0.1) is 37.0 Å². The lowest BCUT2D eigenvalue weighted by molar-refractivity contribution is -0.124. The molecule has 4 fully saturated rings. The molecule has 2 amide bonds. The third-order valence-corrected chi connectivity index (χ3v) is 10.6. The topological polar surface area (TPSA) is 153 Å². The number of aromatic amines is 1. The monoisotopic (exact) mass is 611 g/mol. The van der Waals surface area contributed by atoms with Crippen molar-refractivity contribution in [2.75, 3.05) is 0 Å². The lowest BCUT2D eigenvalue weighted by Crippen LogP contribution is -2.49. The fourth-order valence-electron chi connectivity index (χ4n) is 9.17. The number of hydrogen-bond acceptors (Lipinski definition) is 6. The number of aromatic nitrogens is 3. The number of carboxylic acid groups (broad SMARTS) is 1. The van der Waals surface area contributed by atoms with Crippen LogP contribution in [0.4, 0.5) is 4.79 Å². The maximum atomic E-state index is 13.9. The first-order valence-electron chi connectivity index (χ1n) is 16.1. The zero-order chi connectivity index (χ0) is 31.3. The summed E-state index contributed by atoms with van der Waals surface area (Å²) in [6.07, 6.45) is 9.71. The largest absolute Gasteiger partial charge is 0.508 e. The smallest absolute Gasteiger partial charge is 0.405 e. The Hall–Kier alpha value is -4.34. The summed E-state index contributed by atoms with van der Waals surface area (Å²) in [4.78, 5) is 33.9. The summed E-state index contributed by atoms with van der Waals surface area (Å²) < 4.78 is 5.88. The van der Waals surface area contributed by atoms with Crippen LogP contribution in [0.25, 0.3) is 10.9 Å². The van der Waals surface area contributed by atoms with E-state index in [1.165, 1.54) is 38.5 Å². The zero-order valence-electron chi connectivity index (χ0n) is 25.8. The van der Waals surface area contributed by atoms with E-state index in [0.29, 0.717) is 18.1 Å². The Morgan fingerprint density at radius 1 is 1.02 bits per heavy atom. The number of nitrogens with zero attached hydrogens (tertiary/aromatic N) is 2. The summed E-state index contributed by atoms with van der Waals surface area (Å²) in [7, 11) is 0. The summed E-state index contributed by atoms with van der Waals surface area (Å²) in [6, 6.07) is 9.43. The second kappa shape index (κ2) is 11.5. The third-order valence-electron chi connectivity index (χ3n) is 10.6. The summed E-state index contributed by atoms with van der Waals surface area (Å²) in [6.45, 7) is 3.67. The van der Waals surface area contributed by atoms with Gasteiger partial charge in [0, 0.05) is 36.4 Å². The van der Waals surface area contributed by atoms with Crippen LogP contribution in [-0.2, 0) is 24.1 Å². The lowest BCUT2D eigenvalue weighted by atomic mass is 9.49. The Morgan fingerprint density at radius 2 is 1.69 bits per heavy atom. The van der Waals surface area contributed by atoms with Gasteiger partial charge in [0.1, 0.15) is 17.8 Å². The van der Waals surface area contributed by atoms with E-state index >= 15 is 0 Å². The van der Waals surface area contributed by atoms with Gasteiger partial charge in [-0.1, -0.05) is 23.4 Å². The molecule has 4 aliphatic carbocycles. The van der Waals surface area contributed by atoms with Crippen molar-refractivity contribution in [2.45, 2.75) is 83.7 Å². The van der Waals surface area contributed by atoms with Gasteiger partial charge in [0.2, 0.25) is 11.8 Å². The first-order valence-corrected chi connectivity index (χ1v) is 16.1. The van der Waals surface area contributed by atoms with Gasteiger partial charge < -0.3 is 30.4 Å². The fourth-order valence-corrected chi connectivity index (χ4v) is 9.17. The molecule has 236 valence electrons.